The molecule has 4 nitrogen and oxygen atoms in total. The van der Waals surface area contributed by atoms with E-state index in [9.17, 15) is 5.11 Å². The quantitative estimate of drug-likeness (QED) is 0.479. The third kappa shape index (κ3) is 10.1. The summed E-state index contributed by atoms with van der Waals surface area (Å²) < 4.78 is 0. The number of rotatable bonds is 9. The van der Waals surface area contributed by atoms with Crippen LogP contribution in [0.15, 0.2) is 0 Å². The van der Waals surface area contributed by atoms with E-state index >= 15 is 0 Å². The van der Waals surface area contributed by atoms with Crippen molar-refractivity contribution >= 4 is 0 Å². The lowest BCUT2D eigenvalue weighted by Crippen LogP contribution is -2.32. The second kappa shape index (κ2) is 9.09. The smallest absolute Gasteiger partial charge is 0.0664 e. The van der Waals surface area contributed by atoms with Crippen molar-refractivity contribution < 1.29 is 10.2 Å². The van der Waals surface area contributed by atoms with Crippen LogP contribution in [0.1, 0.15) is 26.7 Å². The summed E-state index contributed by atoms with van der Waals surface area (Å²) in [5, 5.41) is 21.6. The van der Waals surface area contributed by atoms with Gasteiger partial charge in [-0.15, -0.1) is 0 Å². The number of hydrogen-bond donors (Lipinski definition) is 3. The van der Waals surface area contributed by atoms with Gasteiger partial charge < -0.3 is 20.4 Å². The van der Waals surface area contributed by atoms with Gasteiger partial charge in [-0.3, -0.25) is 0 Å². The predicted octanol–water partition coefficient (Wildman–Crippen LogP) is 0.0496. The Balaban J connectivity index is 3.27. The molecule has 0 amide bonds. The van der Waals surface area contributed by atoms with Crippen LogP contribution in [0.25, 0.3) is 0 Å². The molecule has 2 unspecified atom stereocenters. The molecule has 0 aromatic rings. The molecule has 92 valence electrons. The van der Waals surface area contributed by atoms with Gasteiger partial charge >= 0.3 is 0 Å². The van der Waals surface area contributed by atoms with Gasteiger partial charge in [0.25, 0.3) is 0 Å². The Morgan fingerprint density at radius 1 is 1.33 bits per heavy atom. The van der Waals surface area contributed by atoms with Crippen LogP contribution in [0.3, 0.4) is 0 Å². The average Bonchev–Trinajstić information content (AvgIpc) is 2.16. The molecule has 0 saturated heterocycles. The summed E-state index contributed by atoms with van der Waals surface area (Å²) in [7, 11) is 2.02. The van der Waals surface area contributed by atoms with E-state index in [-0.39, 0.29) is 12.2 Å². The molecule has 0 aliphatic heterocycles. The monoisotopic (exact) mass is 218 g/mol. The van der Waals surface area contributed by atoms with Crippen LogP contribution < -0.4 is 5.32 Å². The lowest BCUT2D eigenvalue weighted by atomic mass is 10.2. The van der Waals surface area contributed by atoms with E-state index in [1.165, 1.54) is 0 Å². The van der Waals surface area contributed by atoms with E-state index in [2.05, 4.69) is 10.2 Å². The van der Waals surface area contributed by atoms with Gasteiger partial charge in [0.15, 0.2) is 0 Å². The number of hydrogen-bond acceptors (Lipinski definition) is 4. The van der Waals surface area contributed by atoms with Gasteiger partial charge in [0.1, 0.15) is 0 Å². The minimum Gasteiger partial charge on any atom is -0.392 e. The summed E-state index contributed by atoms with van der Waals surface area (Å²) in [4.78, 5) is 2.14. The van der Waals surface area contributed by atoms with Gasteiger partial charge in [-0.2, -0.15) is 0 Å². The van der Waals surface area contributed by atoms with Crippen LogP contribution in [0.5, 0.6) is 0 Å². The van der Waals surface area contributed by atoms with Crippen LogP contribution in [-0.2, 0) is 0 Å². The summed E-state index contributed by atoms with van der Waals surface area (Å²) >= 11 is 0. The highest BCUT2D eigenvalue weighted by atomic mass is 16.3. The van der Waals surface area contributed by atoms with Gasteiger partial charge in [0, 0.05) is 13.1 Å². The number of aliphatic hydroxyl groups excluding tert-OH is 2. The Hall–Kier alpha value is -0.160. The van der Waals surface area contributed by atoms with Gasteiger partial charge in [-0.05, 0) is 39.9 Å². The Morgan fingerprint density at radius 3 is 2.53 bits per heavy atom. The van der Waals surface area contributed by atoms with E-state index in [1.807, 2.05) is 14.0 Å². The Bertz CT molecular complexity index is 143. The van der Waals surface area contributed by atoms with E-state index < -0.39 is 0 Å². The van der Waals surface area contributed by atoms with Gasteiger partial charge in [0.2, 0.25) is 0 Å². The molecular formula is C11H26N2O2. The summed E-state index contributed by atoms with van der Waals surface area (Å²) in [5.74, 6) is 0. The fourth-order valence-electron chi connectivity index (χ4n) is 1.37. The molecule has 2 atom stereocenters. The molecule has 0 aliphatic rings. The number of likely N-dealkylation sites (N-methyl/N-ethyl adjacent to an activating group) is 1. The molecule has 3 N–H and O–H groups in total. The maximum absolute atomic E-state index is 9.41. The van der Waals surface area contributed by atoms with E-state index in [1.54, 1.807) is 6.92 Å². The second-order valence-corrected chi connectivity index (χ2v) is 4.23. The van der Waals surface area contributed by atoms with Crippen molar-refractivity contribution in [3.8, 4) is 0 Å². The average molecular weight is 218 g/mol. The van der Waals surface area contributed by atoms with E-state index in [4.69, 9.17) is 5.11 Å². The Kier molecular flexibility index (Phi) is 9.00. The molecule has 0 aromatic carbocycles. The molecule has 0 saturated carbocycles. The van der Waals surface area contributed by atoms with E-state index in [0.717, 1.165) is 32.5 Å². The number of aliphatic hydroxyl groups is 2. The highest BCUT2D eigenvalue weighted by molar-refractivity contribution is 4.60. The summed E-state index contributed by atoms with van der Waals surface area (Å²) in [6.07, 6.45) is 1.37. The summed E-state index contributed by atoms with van der Waals surface area (Å²) in [6.45, 7) is 7.05. The van der Waals surface area contributed by atoms with Gasteiger partial charge in [0.05, 0.1) is 12.2 Å². The minimum atomic E-state index is -0.273. The molecule has 4 heteroatoms. The Morgan fingerprint density at radius 2 is 2.00 bits per heavy atom. The van der Waals surface area contributed by atoms with Crippen LogP contribution in [-0.4, -0.2) is 60.5 Å². The zero-order valence-electron chi connectivity index (χ0n) is 10.2. The zero-order chi connectivity index (χ0) is 11.7. The first-order chi connectivity index (χ1) is 7.06. The van der Waals surface area contributed by atoms with Gasteiger partial charge in [-0.1, -0.05) is 6.92 Å². The fourth-order valence-corrected chi connectivity index (χ4v) is 1.37. The van der Waals surface area contributed by atoms with Crippen LogP contribution >= 0.6 is 0 Å². The molecule has 0 aliphatic carbocycles. The first-order valence-electron chi connectivity index (χ1n) is 5.81. The lowest BCUT2D eigenvalue weighted by Gasteiger charge is -2.19. The normalized spacial score (nSPS) is 15.6. The second-order valence-electron chi connectivity index (χ2n) is 4.23. The van der Waals surface area contributed by atoms with E-state index in [0.29, 0.717) is 6.54 Å². The zero-order valence-corrected chi connectivity index (χ0v) is 10.2. The summed E-state index contributed by atoms with van der Waals surface area (Å²) in [5.41, 5.74) is 0. The van der Waals surface area contributed by atoms with Crippen molar-refractivity contribution in [3.63, 3.8) is 0 Å². The largest absolute Gasteiger partial charge is 0.392 e. The minimum absolute atomic E-state index is 0.208. The third-order valence-corrected chi connectivity index (χ3v) is 2.33. The standard InChI is InChI=1S/C11H26N2O2/c1-4-11(15)9-13(3)7-5-6-12-8-10(2)14/h10-12,14-15H,4-9H2,1-3H3. The molecule has 0 aromatic heterocycles. The van der Waals surface area contributed by atoms with Crippen molar-refractivity contribution in [2.24, 2.45) is 0 Å². The molecule has 0 radical (unpaired) electrons. The van der Waals surface area contributed by atoms with Crippen molar-refractivity contribution in [3.05, 3.63) is 0 Å². The SMILES string of the molecule is CCC(O)CN(C)CCCNCC(C)O. The van der Waals surface area contributed by atoms with Crippen LogP contribution in [0, 0.1) is 0 Å². The number of nitrogens with one attached hydrogen (secondary N) is 1. The Labute approximate surface area is 93.3 Å². The highest BCUT2D eigenvalue weighted by Gasteiger charge is 2.04. The topological polar surface area (TPSA) is 55.7 Å². The first-order valence-corrected chi connectivity index (χ1v) is 5.81. The molecule has 0 spiro atoms. The lowest BCUT2D eigenvalue weighted by molar-refractivity contribution is 0.121. The molecule has 0 bridgehead atoms. The molecule has 0 rings (SSSR count). The van der Waals surface area contributed by atoms with Crippen LogP contribution in [0.4, 0.5) is 0 Å². The van der Waals surface area contributed by atoms with Crippen molar-refractivity contribution in [2.45, 2.75) is 38.9 Å². The molecule has 0 heterocycles. The maximum Gasteiger partial charge on any atom is 0.0664 e. The molecule has 0 fully saturated rings. The molecule has 15 heavy (non-hydrogen) atoms. The molecular weight excluding hydrogens is 192 g/mol. The summed E-state index contributed by atoms with van der Waals surface area (Å²) in [6, 6.07) is 0. The van der Waals surface area contributed by atoms with Crippen molar-refractivity contribution in [1.82, 2.24) is 10.2 Å². The predicted molar refractivity (Wildman–Crippen MR) is 63.0 cm³/mol. The first kappa shape index (κ1) is 14.8. The highest BCUT2D eigenvalue weighted by Crippen LogP contribution is 1.94. The van der Waals surface area contributed by atoms with Crippen molar-refractivity contribution in [1.29, 1.82) is 0 Å². The fraction of sp³-hybridized carbons (Fsp3) is 1.00. The maximum atomic E-state index is 9.41. The van der Waals surface area contributed by atoms with Crippen molar-refractivity contribution in [2.75, 3.05) is 33.2 Å². The van der Waals surface area contributed by atoms with Gasteiger partial charge in [-0.25, -0.2) is 0 Å². The third-order valence-electron chi connectivity index (χ3n) is 2.33. The number of nitrogens with zero attached hydrogens (tertiary/aromatic N) is 1. The van der Waals surface area contributed by atoms with Crippen LogP contribution in [0.2, 0.25) is 0 Å².